The molecule has 17 heavy (non-hydrogen) atoms. The van der Waals surface area contributed by atoms with E-state index in [0.717, 1.165) is 0 Å². The third-order valence-corrected chi connectivity index (χ3v) is 33.7. The fourth-order valence-corrected chi connectivity index (χ4v) is 22.7. The number of rotatable bonds is 6. The quantitative estimate of drug-likeness (QED) is 0.468. The summed E-state index contributed by atoms with van der Waals surface area (Å²) >= 11 is 12.2. The van der Waals surface area contributed by atoms with Gasteiger partial charge in [-0.15, -0.1) is 0 Å². The second kappa shape index (κ2) is 5.82. The minimum atomic E-state index is -2.81. The standard InChI is InChI=1S/C8H22Cl2O3P2Si2/c1-7-14(9,11)16(3,4)13-17(5,6)15(10,12)8-2/h7-8H2,1-6H3. The molecule has 9 heteroatoms. The molecule has 0 saturated carbocycles. The highest BCUT2D eigenvalue weighted by atomic mass is 35.7. The van der Waals surface area contributed by atoms with Crippen molar-refractivity contribution in [2.45, 2.75) is 40.0 Å². The smallest absolute Gasteiger partial charge is 0.260 e. The van der Waals surface area contributed by atoms with Crippen molar-refractivity contribution in [1.29, 1.82) is 0 Å². The zero-order valence-electron chi connectivity index (χ0n) is 11.3. The zero-order chi connectivity index (χ0) is 14.1. The molecule has 0 spiro atoms. The molecule has 3 nitrogen and oxygen atoms in total. The molecule has 0 aliphatic carbocycles. The van der Waals surface area contributed by atoms with Crippen molar-refractivity contribution in [2.24, 2.45) is 0 Å². The topological polar surface area (TPSA) is 43.4 Å². The van der Waals surface area contributed by atoms with Crippen LogP contribution in [0, 0.1) is 0 Å². The van der Waals surface area contributed by atoms with Crippen LogP contribution in [0.5, 0.6) is 0 Å². The highest BCUT2D eigenvalue weighted by molar-refractivity contribution is 8.18. The number of halogens is 2. The molecule has 0 aromatic heterocycles. The first-order chi connectivity index (χ1) is 7.33. The van der Waals surface area contributed by atoms with Crippen LogP contribution in [-0.4, -0.2) is 28.3 Å². The Morgan fingerprint density at radius 1 is 0.882 bits per heavy atom. The second-order valence-corrected chi connectivity index (χ2v) is 31.2. The van der Waals surface area contributed by atoms with Gasteiger partial charge < -0.3 is 13.2 Å². The molecule has 0 fully saturated rings. The average molecular weight is 355 g/mol. The predicted molar refractivity (Wildman–Crippen MR) is 84.1 cm³/mol. The van der Waals surface area contributed by atoms with Crippen molar-refractivity contribution in [2.75, 3.05) is 12.3 Å². The Kier molecular flexibility index (Phi) is 6.31. The first-order valence-corrected chi connectivity index (χ1v) is 18.7. The molecule has 0 N–H and O–H groups in total. The van der Waals surface area contributed by atoms with Crippen molar-refractivity contribution in [1.82, 2.24) is 0 Å². The zero-order valence-corrected chi connectivity index (χ0v) is 16.6. The van der Waals surface area contributed by atoms with E-state index in [0.29, 0.717) is 12.3 Å². The largest absolute Gasteiger partial charge is 0.443 e. The normalized spacial score (nSPS) is 20.7. The highest BCUT2D eigenvalue weighted by Crippen LogP contribution is 2.65. The molecule has 2 atom stereocenters. The third kappa shape index (κ3) is 4.20. The Balaban J connectivity index is 5.22. The first-order valence-electron chi connectivity index (χ1n) is 5.61. The SMILES string of the molecule is CCP(=O)(Cl)[Si](C)(C)O[Si](C)(C)P(=O)(Cl)CC. The molecule has 104 valence electrons. The first kappa shape index (κ1) is 18.4. The van der Waals surface area contributed by atoms with Gasteiger partial charge in [0.15, 0.2) is 12.1 Å². The fraction of sp³-hybridized carbons (Fsp3) is 1.00. The Bertz CT molecular complexity index is 340. The summed E-state index contributed by atoms with van der Waals surface area (Å²) in [6.45, 7) is 10.9. The summed E-state index contributed by atoms with van der Waals surface area (Å²) in [4.78, 5) is 0. The van der Waals surface area contributed by atoms with Gasteiger partial charge in [-0.1, -0.05) is 36.3 Å². The van der Waals surface area contributed by atoms with E-state index in [2.05, 4.69) is 0 Å². The molecule has 0 bridgehead atoms. The number of hydrogen-bond donors (Lipinski definition) is 0. The number of hydrogen-bond acceptors (Lipinski definition) is 3. The van der Waals surface area contributed by atoms with Gasteiger partial charge in [0.05, 0.1) is 0 Å². The van der Waals surface area contributed by atoms with Crippen molar-refractivity contribution in [3.8, 4) is 0 Å². The summed E-state index contributed by atoms with van der Waals surface area (Å²) in [6, 6.07) is -5.62. The van der Waals surface area contributed by atoms with Gasteiger partial charge in [-0.05, 0) is 26.2 Å². The van der Waals surface area contributed by atoms with Crippen molar-refractivity contribution in [3.05, 3.63) is 0 Å². The van der Waals surface area contributed by atoms with Crippen LogP contribution in [0.25, 0.3) is 0 Å². The molecule has 0 aliphatic rings. The highest BCUT2D eigenvalue weighted by Gasteiger charge is 2.51. The van der Waals surface area contributed by atoms with E-state index in [1.807, 2.05) is 26.2 Å². The molecule has 0 radical (unpaired) electrons. The van der Waals surface area contributed by atoms with Gasteiger partial charge in [0.2, 0.25) is 0 Å². The average Bonchev–Trinajstić information content (AvgIpc) is 2.15. The lowest BCUT2D eigenvalue weighted by atomic mass is 11.0. The van der Waals surface area contributed by atoms with Gasteiger partial charge in [0, 0.05) is 12.3 Å². The van der Waals surface area contributed by atoms with Crippen molar-refractivity contribution >= 4 is 50.5 Å². The van der Waals surface area contributed by atoms with Crippen LogP contribution in [0.4, 0.5) is 0 Å². The molecular formula is C8H22Cl2O3P2Si2. The van der Waals surface area contributed by atoms with Crippen LogP contribution in [0.15, 0.2) is 0 Å². The summed E-state index contributed by atoms with van der Waals surface area (Å²) in [7, 11) is -5.13. The lowest BCUT2D eigenvalue weighted by Gasteiger charge is -2.37. The fourth-order valence-electron chi connectivity index (χ4n) is 1.51. The summed E-state index contributed by atoms with van der Waals surface area (Å²) in [6.07, 6.45) is 0.800. The Labute approximate surface area is 116 Å². The van der Waals surface area contributed by atoms with Gasteiger partial charge >= 0.3 is 0 Å². The molecule has 0 aromatic rings. The molecular weight excluding hydrogens is 333 g/mol. The van der Waals surface area contributed by atoms with E-state index in [9.17, 15) is 9.13 Å². The summed E-state index contributed by atoms with van der Waals surface area (Å²) in [5.74, 6) is 0. The second-order valence-electron chi connectivity index (χ2n) is 4.93. The predicted octanol–water partition coefficient (Wildman–Crippen LogP) is 5.48. The molecule has 0 aromatic carbocycles. The lowest BCUT2D eigenvalue weighted by molar-refractivity contribution is 0.551. The molecule has 0 amide bonds. The van der Waals surface area contributed by atoms with E-state index in [-0.39, 0.29) is 0 Å². The monoisotopic (exact) mass is 354 g/mol. The van der Waals surface area contributed by atoms with Crippen LogP contribution in [0.1, 0.15) is 13.8 Å². The Morgan fingerprint density at radius 3 is 1.29 bits per heavy atom. The molecule has 2 unspecified atom stereocenters. The van der Waals surface area contributed by atoms with Gasteiger partial charge in [-0.2, -0.15) is 0 Å². The van der Waals surface area contributed by atoms with Crippen LogP contribution in [0.3, 0.4) is 0 Å². The van der Waals surface area contributed by atoms with E-state index in [1.165, 1.54) is 0 Å². The van der Waals surface area contributed by atoms with Crippen LogP contribution < -0.4 is 0 Å². The Morgan fingerprint density at radius 2 is 1.12 bits per heavy atom. The maximum absolute atomic E-state index is 12.3. The van der Waals surface area contributed by atoms with E-state index in [1.54, 1.807) is 13.8 Å². The lowest BCUT2D eigenvalue weighted by Crippen LogP contribution is -2.43. The van der Waals surface area contributed by atoms with E-state index in [4.69, 9.17) is 26.6 Å². The maximum Gasteiger partial charge on any atom is 0.260 e. The van der Waals surface area contributed by atoms with Crippen LogP contribution in [0.2, 0.25) is 26.2 Å². The van der Waals surface area contributed by atoms with Crippen molar-refractivity contribution in [3.63, 3.8) is 0 Å². The van der Waals surface area contributed by atoms with Crippen LogP contribution >= 0.6 is 34.6 Å². The molecule has 0 heterocycles. The van der Waals surface area contributed by atoms with E-state index >= 15 is 0 Å². The minimum Gasteiger partial charge on any atom is -0.443 e. The molecule has 0 rings (SSSR count). The van der Waals surface area contributed by atoms with Gasteiger partial charge in [-0.25, -0.2) is 0 Å². The summed E-state index contributed by atoms with van der Waals surface area (Å²) in [5.41, 5.74) is 0. The third-order valence-electron chi connectivity index (χ3n) is 2.92. The summed E-state index contributed by atoms with van der Waals surface area (Å²) in [5, 5.41) is 0. The molecule has 0 aliphatic heterocycles. The van der Waals surface area contributed by atoms with E-state index < -0.39 is 28.1 Å². The Hall–Kier alpha value is 1.43. The van der Waals surface area contributed by atoms with Crippen molar-refractivity contribution < 1.29 is 13.2 Å². The maximum atomic E-state index is 12.3. The van der Waals surface area contributed by atoms with Gasteiger partial charge in [0.25, 0.3) is 16.0 Å². The minimum absolute atomic E-state index is 0.400. The van der Waals surface area contributed by atoms with Crippen LogP contribution in [-0.2, 0) is 13.2 Å². The van der Waals surface area contributed by atoms with Gasteiger partial charge in [0.1, 0.15) is 0 Å². The van der Waals surface area contributed by atoms with Gasteiger partial charge in [-0.3, -0.25) is 0 Å². The molecule has 0 saturated heterocycles. The summed E-state index contributed by atoms with van der Waals surface area (Å²) < 4.78 is 30.6.